The van der Waals surface area contributed by atoms with Crippen LogP contribution >= 0.6 is 0 Å². The van der Waals surface area contributed by atoms with Gasteiger partial charge in [0.25, 0.3) is 0 Å². The normalized spacial score (nSPS) is 21.1. The molecule has 0 aromatic heterocycles. The van der Waals surface area contributed by atoms with Crippen LogP contribution in [0.1, 0.15) is 43.7 Å². The fraction of sp³-hybridized carbons (Fsp3) is 0.600. The number of nitrogens with two attached hydrogens (primary N) is 1. The fourth-order valence-corrected chi connectivity index (χ4v) is 4.18. The number of likely N-dealkylation sites (tertiary alicyclic amines) is 2. The van der Waals surface area contributed by atoms with Gasteiger partial charge in [-0.25, -0.2) is 0 Å². The van der Waals surface area contributed by atoms with Gasteiger partial charge in [0.2, 0.25) is 11.8 Å². The number of rotatable bonds is 5. The molecule has 2 aliphatic heterocycles. The highest BCUT2D eigenvalue weighted by atomic mass is 16.3. The van der Waals surface area contributed by atoms with Crippen molar-refractivity contribution in [2.45, 2.75) is 38.1 Å². The Morgan fingerprint density at radius 3 is 2.54 bits per heavy atom. The first-order valence-electron chi connectivity index (χ1n) is 9.53. The summed E-state index contributed by atoms with van der Waals surface area (Å²) < 4.78 is 0. The minimum Gasteiger partial charge on any atom is -0.396 e. The molecule has 2 fully saturated rings. The molecule has 0 saturated carbocycles. The zero-order valence-corrected chi connectivity index (χ0v) is 15.3. The summed E-state index contributed by atoms with van der Waals surface area (Å²) in [6.07, 6.45) is 3.90. The topological polar surface area (TPSA) is 86.9 Å². The Kier molecular flexibility index (Phi) is 5.94. The van der Waals surface area contributed by atoms with Gasteiger partial charge in [-0.05, 0) is 36.7 Å². The Morgan fingerprint density at radius 2 is 1.88 bits per heavy atom. The lowest BCUT2D eigenvalue weighted by Gasteiger charge is -2.47. The summed E-state index contributed by atoms with van der Waals surface area (Å²) in [5, 5.41) is 9.03. The number of hydrogen-bond acceptors (Lipinski definition) is 4. The minimum absolute atomic E-state index is 0.0185. The predicted molar refractivity (Wildman–Crippen MR) is 99.1 cm³/mol. The van der Waals surface area contributed by atoms with Crippen molar-refractivity contribution >= 4 is 11.8 Å². The number of hydrogen-bond donors (Lipinski definition) is 2. The minimum atomic E-state index is -0.612. The van der Waals surface area contributed by atoms with E-state index < -0.39 is 6.04 Å². The van der Waals surface area contributed by atoms with Crippen LogP contribution < -0.4 is 5.73 Å². The molecule has 2 saturated heterocycles. The van der Waals surface area contributed by atoms with Gasteiger partial charge in [0.15, 0.2) is 0 Å². The number of nitrogens with zero attached hydrogens (tertiary/aromatic N) is 2. The van der Waals surface area contributed by atoms with Crippen LogP contribution in [0.3, 0.4) is 0 Å². The van der Waals surface area contributed by atoms with Gasteiger partial charge >= 0.3 is 0 Å². The molecule has 0 bridgehead atoms. The second kappa shape index (κ2) is 8.18. The van der Waals surface area contributed by atoms with Crippen LogP contribution in [0.25, 0.3) is 0 Å². The van der Waals surface area contributed by atoms with Crippen molar-refractivity contribution in [1.29, 1.82) is 0 Å². The molecule has 1 aromatic carbocycles. The zero-order valence-electron chi connectivity index (χ0n) is 15.3. The van der Waals surface area contributed by atoms with E-state index in [1.807, 2.05) is 40.1 Å². The molecule has 142 valence electrons. The van der Waals surface area contributed by atoms with E-state index >= 15 is 0 Å². The van der Waals surface area contributed by atoms with Crippen molar-refractivity contribution in [3.05, 3.63) is 35.9 Å². The van der Waals surface area contributed by atoms with Gasteiger partial charge in [-0.1, -0.05) is 30.3 Å². The second-order valence-corrected chi connectivity index (χ2v) is 7.61. The number of carbonyl (C=O) groups is 2. The highest BCUT2D eigenvalue weighted by molar-refractivity contribution is 5.83. The van der Waals surface area contributed by atoms with E-state index in [1.165, 1.54) is 0 Å². The molecule has 1 aromatic rings. The molecule has 2 amide bonds. The molecular weight excluding hydrogens is 330 g/mol. The standard InChI is InChI=1S/C20H29N3O3/c21-18(16-5-2-1-3-6-16)19(26)22-12-9-20(10-13-22)8-7-17(25)23(15-20)11-4-14-24/h1-3,5-6,18,24H,4,7-15,21H2/t18-/m0/s1. The highest BCUT2D eigenvalue weighted by Crippen LogP contribution is 2.40. The van der Waals surface area contributed by atoms with E-state index in [-0.39, 0.29) is 23.8 Å². The maximum absolute atomic E-state index is 12.7. The molecular formula is C20H29N3O3. The van der Waals surface area contributed by atoms with Crippen LogP contribution in [-0.4, -0.2) is 59.5 Å². The molecule has 6 nitrogen and oxygen atoms in total. The Bertz CT molecular complexity index is 626. The van der Waals surface area contributed by atoms with Gasteiger partial charge in [0.1, 0.15) is 6.04 Å². The lowest BCUT2D eigenvalue weighted by atomic mass is 9.72. The average molecular weight is 359 g/mol. The Labute approximate surface area is 155 Å². The number of amides is 2. The van der Waals surface area contributed by atoms with Crippen LogP contribution in [0, 0.1) is 5.41 Å². The number of piperidine rings is 2. The van der Waals surface area contributed by atoms with Crippen molar-refractivity contribution in [2.75, 3.05) is 32.8 Å². The lowest BCUT2D eigenvalue weighted by molar-refractivity contribution is -0.143. The average Bonchev–Trinajstić information content (AvgIpc) is 2.69. The highest BCUT2D eigenvalue weighted by Gasteiger charge is 2.42. The van der Waals surface area contributed by atoms with E-state index in [2.05, 4.69) is 0 Å². The van der Waals surface area contributed by atoms with Gasteiger partial charge in [0.05, 0.1) is 0 Å². The van der Waals surface area contributed by atoms with Crippen LogP contribution in [0.5, 0.6) is 0 Å². The molecule has 0 radical (unpaired) electrons. The third-order valence-corrected chi connectivity index (χ3v) is 5.89. The van der Waals surface area contributed by atoms with Crippen molar-refractivity contribution in [3.8, 4) is 0 Å². The van der Waals surface area contributed by atoms with E-state index in [1.54, 1.807) is 0 Å². The van der Waals surface area contributed by atoms with Gasteiger partial charge in [0, 0.05) is 39.2 Å². The molecule has 2 heterocycles. The van der Waals surface area contributed by atoms with Crippen LogP contribution in [0.15, 0.2) is 30.3 Å². The smallest absolute Gasteiger partial charge is 0.244 e. The summed E-state index contributed by atoms with van der Waals surface area (Å²) in [6, 6.07) is 8.87. The van der Waals surface area contributed by atoms with Gasteiger partial charge in [-0.3, -0.25) is 9.59 Å². The molecule has 6 heteroatoms. The Hall–Kier alpha value is -1.92. The largest absolute Gasteiger partial charge is 0.396 e. The molecule has 26 heavy (non-hydrogen) atoms. The van der Waals surface area contributed by atoms with Crippen molar-refractivity contribution < 1.29 is 14.7 Å². The second-order valence-electron chi connectivity index (χ2n) is 7.61. The van der Waals surface area contributed by atoms with Crippen molar-refractivity contribution in [2.24, 2.45) is 11.1 Å². The molecule has 3 N–H and O–H groups in total. The van der Waals surface area contributed by atoms with Crippen LogP contribution in [-0.2, 0) is 9.59 Å². The molecule has 0 unspecified atom stereocenters. The molecule has 2 aliphatic rings. The summed E-state index contributed by atoms with van der Waals surface area (Å²) in [5.41, 5.74) is 7.12. The van der Waals surface area contributed by atoms with Gasteiger partial charge < -0.3 is 20.6 Å². The lowest BCUT2D eigenvalue weighted by Crippen LogP contribution is -2.53. The summed E-state index contributed by atoms with van der Waals surface area (Å²) in [6.45, 7) is 2.87. The number of aliphatic hydroxyl groups excluding tert-OH is 1. The van der Waals surface area contributed by atoms with Gasteiger partial charge in [-0.2, -0.15) is 0 Å². The van der Waals surface area contributed by atoms with E-state index in [4.69, 9.17) is 10.8 Å². The number of aliphatic hydroxyl groups is 1. The SMILES string of the molecule is N[C@H](C(=O)N1CCC2(CCC(=O)N(CCCO)C2)CC1)c1ccccc1. The Balaban J connectivity index is 1.58. The molecule has 1 spiro atoms. The third kappa shape index (κ3) is 4.07. The quantitative estimate of drug-likeness (QED) is 0.830. The predicted octanol–water partition coefficient (Wildman–Crippen LogP) is 1.30. The summed E-state index contributed by atoms with van der Waals surface area (Å²) in [5.74, 6) is 0.170. The Morgan fingerprint density at radius 1 is 1.19 bits per heavy atom. The molecule has 0 aliphatic carbocycles. The first-order valence-corrected chi connectivity index (χ1v) is 9.53. The zero-order chi connectivity index (χ0) is 18.6. The monoisotopic (exact) mass is 359 g/mol. The fourth-order valence-electron chi connectivity index (χ4n) is 4.18. The van der Waals surface area contributed by atoms with E-state index in [9.17, 15) is 9.59 Å². The maximum atomic E-state index is 12.7. The van der Waals surface area contributed by atoms with Crippen molar-refractivity contribution in [3.63, 3.8) is 0 Å². The number of benzene rings is 1. The van der Waals surface area contributed by atoms with Gasteiger partial charge in [-0.15, -0.1) is 0 Å². The third-order valence-electron chi connectivity index (χ3n) is 5.89. The van der Waals surface area contributed by atoms with Crippen molar-refractivity contribution in [1.82, 2.24) is 9.80 Å². The number of carbonyl (C=O) groups excluding carboxylic acids is 2. The summed E-state index contributed by atoms with van der Waals surface area (Å²) >= 11 is 0. The first-order chi connectivity index (χ1) is 12.5. The molecule has 1 atom stereocenters. The van der Waals surface area contributed by atoms with E-state index in [0.717, 1.165) is 31.4 Å². The van der Waals surface area contributed by atoms with E-state index in [0.29, 0.717) is 32.5 Å². The molecule has 3 rings (SSSR count). The maximum Gasteiger partial charge on any atom is 0.244 e. The van der Waals surface area contributed by atoms with Crippen LogP contribution in [0.4, 0.5) is 0 Å². The van der Waals surface area contributed by atoms with Crippen LogP contribution in [0.2, 0.25) is 0 Å². The first kappa shape index (κ1) is 18.9. The summed E-state index contributed by atoms with van der Waals surface area (Å²) in [7, 11) is 0. The summed E-state index contributed by atoms with van der Waals surface area (Å²) in [4.78, 5) is 28.6.